The Labute approximate surface area is 155 Å². The maximum atomic E-state index is 12.6. The van der Waals surface area contributed by atoms with Gasteiger partial charge in [-0.1, -0.05) is 26.8 Å². The van der Waals surface area contributed by atoms with Gasteiger partial charge in [-0.2, -0.15) is 4.31 Å². The van der Waals surface area contributed by atoms with E-state index >= 15 is 0 Å². The molecule has 0 aliphatic heterocycles. The third-order valence-corrected chi connectivity index (χ3v) is 6.02. The summed E-state index contributed by atoms with van der Waals surface area (Å²) in [6, 6.07) is 4.34. The highest BCUT2D eigenvalue weighted by atomic mass is 32.2. The molecule has 0 saturated carbocycles. The normalized spacial score (nSPS) is 12.7. The molecule has 1 aromatic carbocycles. The molecular formula is C18H28N2O5S. The van der Waals surface area contributed by atoms with Gasteiger partial charge in [0, 0.05) is 19.6 Å². The fourth-order valence-corrected chi connectivity index (χ4v) is 3.85. The number of amides is 1. The number of nitrogens with zero attached hydrogens (tertiary/aromatic N) is 1. The van der Waals surface area contributed by atoms with Crippen molar-refractivity contribution in [1.29, 1.82) is 0 Å². The number of esters is 1. The van der Waals surface area contributed by atoms with Crippen LogP contribution < -0.4 is 5.32 Å². The molecule has 0 aliphatic rings. The second-order valence-corrected chi connectivity index (χ2v) is 7.84. The van der Waals surface area contributed by atoms with Gasteiger partial charge < -0.3 is 10.1 Å². The molecule has 0 fully saturated rings. The SMILES string of the molecule is CCCNC(=O)C(C)OC(=O)c1cc(S(=O)(=O)N(CC)CC)ccc1C. The molecule has 1 atom stereocenters. The van der Waals surface area contributed by atoms with Crippen LogP contribution >= 0.6 is 0 Å². The predicted molar refractivity (Wildman–Crippen MR) is 99.5 cm³/mol. The van der Waals surface area contributed by atoms with Gasteiger partial charge in [-0.15, -0.1) is 0 Å². The molecular weight excluding hydrogens is 356 g/mol. The van der Waals surface area contributed by atoms with Gasteiger partial charge in [0.1, 0.15) is 0 Å². The minimum atomic E-state index is -3.68. The lowest BCUT2D eigenvalue weighted by molar-refractivity contribution is -0.129. The second-order valence-electron chi connectivity index (χ2n) is 5.90. The summed E-state index contributed by atoms with van der Waals surface area (Å²) in [4.78, 5) is 24.3. The molecule has 26 heavy (non-hydrogen) atoms. The van der Waals surface area contributed by atoms with Gasteiger partial charge >= 0.3 is 5.97 Å². The molecule has 0 radical (unpaired) electrons. The Balaban J connectivity index is 3.07. The summed E-state index contributed by atoms with van der Waals surface area (Å²) >= 11 is 0. The minimum absolute atomic E-state index is 0.0295. The molecule has 0 bridgehead atoms. The van der Waals surface area contributed by atoms with Crippen LogP contribution in [0.2, 0.25) is 0 Å². The largest absolute Gasteiger partial charge is 0.449 e. The molecule has 146 valence electrons. The fraction of sp³-hybridized carbons (Fsp3) is 0.556. The Morgan fingerprint density at radius 1 is 1.19 bits per heavy atom. The number of hydrogen-bond donors (Lipinski definition) is 1. The molecule has 0 saturated heterocycles. The van der Waals surface area contributed by atoms with Crippen LogP contribution in [0.15, 0.2) is 23.1 Å². The zero-order valence-corrected chi connectivity index (χ0v) is 16.9. The molecule has 1 aromatic rings. The molecule has 0 aromatic heterocycles. The Morgan fingerprint density at radius 3 is 2.35 bits per heavy atom. The number of benzene rings is 1. The molecule has 1 amide bonds. The number of sulfonamides is 1. The summed E-state index contributed by atoms with van der Waals surface area (Å²) in [5, 5.41) is 2.65. The summed E-state index contributed by atoms with van der Waals surface area (Å²) in [5.74, 6) is -1.11. The lowest BCUT2D eigenvalue weighted by Gasteiger charge is -2.19. The van der Waals surface area contributed by atoms with Crippen LogP contribution in [0.25, 0.3) is 0 Å². The van der Waals surface area contributed by atoms with E-state index in [2.05, 4.69) is 5.32 Å². The summed E-state index contributed by atoms with van der Waals surface area (Å²) in [6.45, 7) is 9.75. The van der Waals surface area contributed by atoms with E-state index in [1.54, 1.807) is 26.8 Å². The Kier molecular flexibility index (Phi) is 8.23. The third kappa shape index (κ3) is 5.28. The van der Waals surface area contributed by atoms with Crippen LogP contribution in [0, 0.1) is 6.92 Å². The molecule has 1 unspecified atom stereocenters. The van der Waals surface area contributed by atoms with Crippen LogP contribution in [0.4, 0.5) is 0 Å². The minimum Gasteiger partial charge on any atom is -0.449 e. The van der Waals surface area contributed by atoms with Crippen LogP contribution in [-0.4, -0.2) is 50.3 Å². The molecule has 1 N–H and O–H groups in total. The van der Waals surface area contributed by atoms with E-state index in [0.717, 1.165) is 6.42 Å². The number of carbonyl (C=O) groups excluding carboxylic acids is 2. The van der Waals surface area contributed by atoms with Crippen LogP contribution in [0.3, 0.4) is 0 Å². The van der Waals surface area contributed by atoms with Crippen molar-refractivity contribution in [2.45, 2.75) is 52.0 Å². The Bertz CT molecular complexity index is 742. The smallest absolute Gasteiger partial charge is 0.339 e. The number of rotatable bonds is 9. The van der Waals surface area contributed by atoms with E-state index < -0.39 is 22.1 Å². The summed E-state index contributed by atoms with van der Waals surface area (Å²) in [5.41, 5.74) is 0.711. The average molecular weight is 384 g/mol. The number of ether oxygens (including phenoxy) is 1. The van der Waals surface area contributed by atoms with Gasteiger partial charge in [0.2, 0.25) is 10.0 Å². The Morgan fingerprint density at radius 2 is 1.81 bits per heavy atom. The first kappa shape index (κ1) is 22.1. The van der Waals surface area contributed by atoms with Crippen molar-refractivity contribution < 1.29 is 22.7 Å². The topological polar surface area (TPSA) is 92.8 Å². The van der Waals surface area contributed by atoms with E-state index in [1.807, 2.05) is 6.92 Å². The highest BCUT2D eigenvalue weighted by Crippen LogP contribution is 2.20. The third-order valence-electron chi connectivity index (χ3n) is 3.97. The average Bonchev–Trinajstić information content (AvgIpc) is 2.60. The van der Waals surface area contributed by atoms with Crippen molar-refractivity contribution in [1.82, 2.24) is 9.62 Å². The Hall–Kier alpha value is -1.93. The fourth-order valence-electron chi connectivity index (χ4n) is 2.36. The van der Waals surface area contributed by atoms with Gasteiger partial charge in [-0.3, -0.25) is 4.79 Å². The van der Waals surface area contributed by atoms with E-state index in [4.69, 9.17) is 4.74 Å². The van der Waals surface area contributed by atoms with Crippen LogP contribution in [0.1, 0.15) is 50.0 Å². The predicted octanol–water partition coefficient (Wildman–Crippen LogP) is 2.10. The van der Waals surface area contributed by atoms with E-state index in [1.165, 1.54) is 23.4 Å². The number of nitrogens with one attached hydrogen (secondary N) is 1. The lowest BCUT2D eigenvalue weighted by Crippen LogP contribution is -2.36. The highest BCUT2D eigenvalue weighted by molar-refractivity contribution is 7.89. The van der Waals surface area contributed by atoms with Gasteiger partial charge in [-0.05, 0) is 38.0 Å². The summed E-state index contributed by atoms with van der Waals surface area (Å²) in [6.07, 6.45) is -0.187. The second kappa shape index (κ2) is 9.68. The molecule has 7 nitrogen and oxygen atoms in total. The highest BCUT2D eigenvalue weighted by Gasteiger charge is 2.25. The first-order valence-electron chi connectivity index (χ1n) is 8.78. The monoisotopic (exact) mass is 384 g/mol. The summed E-state index contributed by atoms with van der Waals surface area (Å²) in [7, 11) is -3.68. The molecule has 0 spiro atoms. The molecule has 0 heterocycles. The van der Waals surface area contributed by atoms with Gasteiger partial charge in [0.15, 0.2) is 6.10 Å². The zero-order chi connectivity index (χ0) is 19.9. The first-order valence-corrected chi connectivity index (χ1v) is 10.2. The quantitative estimate of drug-likeness (QED) is 0.658. The maximum Gasteiger partial charge on any atom is 0.339 e. The van der Waals surface area contributed by atoms with Crippen molar-refractivity contribution in [3.05, 3.63) is 29.3 Å². The first-order chi connectivity index (χ1) is 12.2. The van der Waals surface area contributed by atoms with Crippen molar-refractivity contribution >= 4 is 21.9 Å². The number of aryl methyl sites for hydroxylation is 1. The molecule has 8 heteroatoms. The van der Waals surface area contributed by atoms with Crippen molar-refractivity contribution in [2.24, 2.45) is 0 Å². The van der Waals surface area contributed by atoms with Gasteiger partial charge in [0.05, 0.1) is 10.5 Å². The van der Waals surface area contributed by atoms with E-state index in [-0.39, 0.29) is 16.4 Å². The van der Waals surface area contributed by atoms with Crippen molar-refractivity contribution in [3.63, 3.8) is 0 Å². The van der Waals surface area contributed by atoms with Crippen LogP contribution in [-0.2, 0) is 19.6 Å². The van der Waals surface area contributed by atoms with Crippen molar-refractivity contribution in [2.75, 3.05) is 19.6 Å². The molecule has 1 rings (SSSR count). The van der Waals surface area contributed by atoms with E-state index in [9.17, 15) is 18.0 Å². The zero-order valence-electron chi connectivity index (χ0n) is 16.0. The van der Waals surface area contributed by atoms with Gasteiger partial charge in [-0.25, -0.2) is 13.2 Å². The van der Waals surface area contributed by atoms with Gasteiger partial charge in [0.25, 0.3) is 5.91 Å². The lowest BCUT2D eigenvalue weighted by atomic mass is 10.1. The maximum absolute atomic E-state index is 12.6. The number of carbonyl (C=O) groups is 2. The standard InChI is InChI=1S/C18H28N2O5S/c1-6-11-19-17(21)14(5)25-18(22)16-12-15(10-9-13(16)4)26(23,24)20(7-2)8-3/h9-10,12,14H,6-8,11H2,1-5H3,(H,19,21). The van der Waals surface area contributed by atoms with E-state index in [0.29, 0.717) is 25.2 Å². The summed E-state index contributed by atoms with van der Waals surface area (Å²) < 4.78 is 31.8. The number of hydrogen-bond acceptors (Lipinski definition) is 5. The van der Waals surface area contributed by atoms with Crippen LogP contribution in [0.5, 0.6) is 0 Å². The van der Waals surface area contributed by atoms with Crippen molar-refractivity contribution in [3.8, 4) is 0 Å². The molecule has 0 aliphatic carbocycles.